The smallest absolute Gasteiger partial charge is 0.256 e. The topological polar surface area (TPSA) is 49.3 Å². The molecule has 0 fully saturated rings. The first-order valence-electron chi connectivity index (χ1n) is 5.53. The highest BCUT2D eigenvalue weighted by Gasteiger charge is 2.11. The fourth-order valence-corrected chi connectivity index (χ4v) is 2.03. The summed E-state index contributed by atoms with van der Waals surface area (Å²) in [6.45, 7) is 1.82. The molecular weight excluding hydrogens is 285 g/mol. The van der Waals surface area contributed by atoms with Crippen LogP contribution in [0.5, 0.6) is 5.75 Å². The summed E-state index contributed by atoms with van der Waals surface area (Å²) in [5.74, 6) is -0.255. The van der Waals surface area contributed by atoms with Crippen LogP contribution in [0.4, 0.5) is 5.69 Å². The zero-order valence-corrected chi connectivity index (χ0v) is 11.6. The molecule has 0 aliphatic carbocycles. The van der Waals surface area contributed by atoms with E-state index in [1.54, 1.807) is 18.2 Å². The first-order chi connectivity index (χ1) is 8.97. The van der Waals surface area contributed by atoms with Gasteiger partial charge in [0, 0.05) is 16.7 Å². The van der Waals surface area contributed by atoms with Crippen LogP contribution in [0.3, 0.4) is 0 Å². The zero-order valence-electron chi connectivity index (χ0n) is 10.1. The van der Waals surface area contributed by atoms with Gasteiger partial charge in [-0.05, 0) is 36.8 Å². The third kappa shape index (κ3) is 3.19. The molecule has 0 atom stereocenters. The Labute approximate surface area is 120 Å². The molecule has 0 radical (unpaired) electrons. The van der Waals surface area contributed by atoms with Crippen molar-refractivity contribution >= 4 is 34.8 Å². The Morgan fingerprint density at radius 1 is 1.16 bits per heavy atom. The predicted molar refractivity (Wildman–Crippen MR) is 77.3 cm³/mol. The number of phenols is 1. The van der Waals surface area contributed by atoms with E-state index in [4.69, 9.17) is 23.2 Å². The molecule has 0 saturated carbocycles. The number of amides is 1. The van der Waals surface area contributed by atoms with Gasteiger partial charge >= 0.3 is 0 Å². The summed E-state index contributed by atoms with van der Waals surface area (Å²) in [7, 11) is 0. The van der Waals surface area contributed by atoms with Crippen molar-refractivity contribution in [2.75, 3.05) is 5.32 Å². The number of halogens is 2. The second-order valence-electron chi connectivity index (χ2n) is 4.08. The molecule has 2 aromatic rings. The average Bonchev–Trinajstić information content (AvgIpc) is 2.35. The van der Waals surface area contributed by atoms with Gasteiger partial charge in [-0.1, -0.05) is 29.3 Å². The molecular formula is C14H11Cl2NO2. The average molecular weight is 296 g/mol. The Balaban J connectivity index is 2.28. The van der Waals surface area contributed by atoms with Crippen LogP contribution in [0.25, 0.3) is 0 Å². The number of nitrogens with one attached hydrogen (secondary N) is 1. The second-order valence-corrected chi connectivity index (χ2v) is 4.92. The van der Waals surface area contributed by atoms with E-state index in [1.807, 2.05) is 6.92 Å². The van der Waals surface area contributed by atoms with Gasteiger partial charge in [0.2, 0.25) is 0 Å². The highest BCUT2D eigenvalue weighted by atomic mass is 35.5. The van der Waals surface area contributed by atoms with Crippen molar-refractivity contribution in [2.24, 2.45) is 0 Å². The third-order valence-corrected chi connectivity index (χ3v) is 3.19. The van der Waals surface area contributed by atoms with Crippen LogP contribution in [0.15, 0.2) is 36.4 Å². The minimum atomic E-state index is -0.299. The highest BCUT2D eigenvalue weighted by Crippen LogP contribution is 2.27. The van der Waals surface area contributed by atoms with Gasteiger partial charge in [0.15, 0.2) is 0 Å². The Morgan fingerprint density at radius 3 is 2.58 bits per heavy atom. The molecule has 0 aromatic heterocycles. The number of carbonyl (C=O) groups is 1. The number of phenolic OH excluding ortho intramolecular Hbond substituents is 1. The number of aromatic hydroxyl groups is 1. The van der Waals surface area contributed by atoms with Gasteiger partial charge in [-0.15, -0.1) is 0 Å². The van der Waals surface area contributed by atoms with E-state index in [0.29, 0.717) is 16.3 Å². The third-order valence-electron chi connectivity index (χ3n) is 2.65. The second kappa shape index (κ2) is 5.51. The summed E-state index contributed by atoms with van der Waals surface area (Å²) in [5, 5.41) is 12.7. The van der Waals surface area contributed by atoms with Crippen LogP contribution in [0, 0.1) is 6.92 Å². The first-order valence-corrected chi connectivity index (χ1v) is 6.29. The van der Waals surface area contributed by atoms with Crippen molar-refractivity contribution in [3.05, 3.63) is 57.6 Å². The van der Waals surface area contributed by atoms with Crippen LogP contribution in [0.2, 0.25) is 10.0 Å². The maximum atomic E-state index is 12.1. The number of aryl methyl sites for hydroxylation is 1. The molecule has 0 unspecified atom stereocenters. The standard InChI is InChI=1S/C14H11Cl2NO2/c1-8-2-3-9(15)6-11(8)14(19)17-13-5-4-10(18)7-12(13)16/h2-7,18H,1H3,(H,17,19). The van der Waals surface area contributed by atoms with Crippen LogP contribution in [-0.2, 0) is 0 Å². The molecule has 0 heterocycles. The fraction of sp³-hybridized carbons (Fsp3) is 0.0714. The summed E-state index contributed by atoms with van der Waals surface area (Å²) >= 11 is 11.8. The molecule has 3 nitrogen and oxygen atoms in total. The quantitative estimate of drug-likeness (QED) is 0.813. The van der Waals surface area contributed by atoms with Crippen LogP contribution in [-0.4, -0.2) is 11.0 Å². The maximum Gasteiger partial charge on any atom is 0.256 e. The molecule has 0 bridgehead atoms. The van der Waals surface area contributed by atoms with Gasteiger partial charge in [-0.25, -0.2) is 0 Å². The van der Waals surface area contributed by atoms with Gasteiger partial charge in [0.05, 0.1) is 10.7 Å². The van der Waals surface area contributed by atoms with Crippen molar-refractivity contribution in [3.8, 4) is 5.75 Å². The van der Waals surface area contributed by atoms with Crippen molar-refractivity contribution < 1.29 is 9.90 Å². The lowest BCUT2D eigenvalue weighted by molar-refractivity contribution is 0.102. The minimum Gasteiger partial charge on any atom is -0.508 e. The Hall–Kier alpha value is -1.71. The lowest BCUT2D eigenvalue weighted by atomic mass is 10.1. The van der Waals surface area contributed by atoms with E-state index in [0.717, 1.165) is 5.56 Å². The lowest BCUT2D eigenvalue weighted by Gasteiger charge is -2.09. The number of benzene rings is 2. The number of hydrogen-bond donors (Lipinski definition) is 2. The van der Waals surface area contributed by atoms with Crippen molar-refractivity contribution in [2.45, 2.75) is 6.92 Å². The molecule has 0 saturated heterocycles. The molecule has 0 aliphatic heterocycles. The van der Waals surface area contributed by atoms with E-state index in [-0.39, 0.29) is 16.7 Å². The minimum absolute atomic E-state index is 0.0435. The molecule has 0 spiro atoms. The van der Waals surface area contributed by atoms with E-state index < -0.39 is 0 Å². The SMILES string of the molecule is Cc1ccc(Cl)cc1C(=O)Nc1ccc(O)cc1Cl. The van der Waals surface area contributed by atoms with Crippen molar-refractivity contribution in [3.63, 3.8) is 0 Å². The molecule has 2 aromatic carbocycles. The van der Waals surface area contributed by atoms with Gasteiger partial charge in [-0.2, -0.15) is 0 Å². The number of anilines is 1. The van der Waals surface area contributed by atoms with Crippen LogP contribution >= 0.6 is 23.2 Å². The van der Waals surface area contributed by atoms with E-state index in [2.05, 4.69) is 5.32 Å². The van der Waals surface area contributed by atoms with E-state index >= 15 is 0 Å². The fourth-order valence-electron chi connectivity index (χ4n) is 1.63. The number of hydrogen-bond acceptors (Lipinski definition) is 2. The Bertz CT molecular complexity index is 641. The number of rotatable bonds is 2. The monoisotopic (exact) mass is 295 g/mol. The first kappa shape index (κ1) is 13.7. The van der Waals surface area contributed by atoms with Crippen LogP contribution in [0.1, 0.15) is 15.9 Å². The summed E-state index contributed by atoms with van der Waals surface area (Å²) in [6.07, 6.45) is 0. The molecule has 2 N–H and O–H groups in total. The van der Waals surface area contributed by atoms with E-state index in [1.165, 1.54) is 18.2 Å². The van der Waals surface area contributed by atoms with Gasteiger partial charge in [0.25, 0.3) is 5.91 Å². The van der Waals surface area contributed by atoms with E-state index in [9.17, 15) is 9.90 Å². The Kier molecular flexibility index (Phi) is 3.98. The largest absolute Gasteiger partial charge is 0.508 e. The molecule has 0 aliphatic rings. The van der Waals surface area contributed by atoms with Crippen LogP contribution < -0.4 is 5.32 Å². The normalized spacial score (nSPS) is 10.3. The lowest BCUT2D eigenvalue weighted by Crippen LogP contribution is -2.13. The summed E-state index contributed by atoms with van der Waals surface area (Å²) < 4.78 is 0. The Morgan fingerprint density at radius 2 is 1.89 bits per heavy atom. The van der Waals surface area contributed by atoms with Crippen molar-refractivity contribution in [1.29, 1.82) is 0 Å². The van der Waals surface area contributed by atoms with Gasteiger partial charge in [-0.3, -0.25) is 4.79 Å². The van der Waals surface area contributed by atoms with Gasteiger partial charge in [0.1, 0.15) is 5.75 Å². The highest BCUT2D eigenvalue weighted by molar-refractivity contribution is 6.34. The maximum absolute atomic E-state index is 12.1. The molecule has 5 heteroatoms. The summed E-state index contributed by atoms with van der Waals surface area (Å²) in [6, 6.07) is 9.45. The molecule has 1 amide bonds. The van der Waals surface area contributed by atoms with Gasteiger partial charge < -0.3 is 10.4 Å². The summed E-state index contributed by atoms with van der Waals surface area (Å²) in [4.78, 5) is 12.1. The van der Waals surface area contributed by atoms with Crippen molar-refractivity contribution in [1.82, 2.24) is 0 Å². The molecule has 2 rings (SSSR count). The number of carbonyl (C=O) groups excluding carboxylic acids is 1. The summed E-state index contributed by atoms with van der Waals surface area (Å²) in [5.41, 5.74) is 1.73. The predicted octanol–water partition coefficient (Wildman–Crippen LogP) is 4.26. The molecule has 19 heavy (non-hydrogen) atoms. The molecule has 98 valence electrons. The zero-order chi connectivity index (χ0) is 14.0.